The molecule has 0 aromatic carbocycles. The van der Waals surface area contributed by atoms with Crippen molar-refractivity contribution in [3.63, 3.8) is 0 Å². The minimum absolute atomic E-state index is 0.725. The van der Waals surface area contributed by atoms with Crippen LogP contribution in [0.15, 0.2) is 29.8 Å². The third-order valence-corrected chi connectivity index (χ3v) is 3.08. The van der Waals surface area contributed by atoms with Crippen LogP contribution >= 0.6 is 11.8 Å². The van der Waals surface area contributed by atoms with E-state index >= 15 is 0 Å². The molecular formula is C12H15N5S. The maximum absolute atomic E-state index is 4.33. The molecular weight excluding hydrogens is 246 g/mol. The highest BCUT2D eigenvalue weighted by Gasteiger charge is 2.01. The van der Waals surface area contributed by atoms with E-state index in [2.05, 4.69) is 25.3 Å². The Labute approximate surface area is 110 Å². The van der Waals surface area contributed by atoms with Gasteiger partial charge in [-0.2, -0.15) is 0 Å². The van der Waals surface area contributed by atoms with Crippen molar-refractivity contribution in [1.82, 2.24) is 19.9 Å². The first-order valence-electron chi connectivity index (χ1n) is 5.75. The molecule has 2 heterocycles. The molecule has 2 aromatic heterocycles. The van der Waals surface area contributed by atoms with Gasteiger partial charge >= 0.3 is 0 Å². The Morgan fingerprint density at radius 1 is 1.22 bits per heavy atom. The first-order valence-corrected chi connectivity index (χ1v) is 6.73. The molecule has 0 saturated carbocycles. The molecule has 0 aliphatic heterocycles. The van der Waals surface area contributed by atoms with E-state index < -0.39 is 0 Å². The van der Waals surface area contributed by atoms with Crippen LogP contribution in [0.2, 0.25) is 0 Å². The second-order valence-electron chi connectivity index (χ2n) is 3.69. The molecule has 6 heteroatoms. The van der Waals surface area contributed by atoms with Gasteiger partial charge in [-0.15, -0.1) is 0 Å². The number of nitrogens with one attached hydrogen (secondary N) is 1. The lowest BCUT2D eigenvalue weighted by atomic mass is 10.5. The van der Waals surface area contributed by atoms with Crippen molar-refractivity contribution >= 4 is 17.6 Å². The molecule has 0 radical (unpaired) electrons. The summed E-state index contributed by atoms with van der Waals surface area (Å²) in [5.41, 5.74) is 1.90. The molecule has 1 N–H and O–H groups in total. The van der Waals surface area contributed by atoms with Gasteiger partial charge in [0.15, 0.2) is 5.16 Å². The Morgan fingerprint density at radius 3 is 2.78 bits per heavy atom. The molecule has 2 rings (SSSR count). The zero-order valence-electron chi connectivity index (χ0n) is 10.4. The van der Waals surface area contributed by atoms with Crippen molar-refractivity contribution in [2.45, 2.75) is 24.8 Å². The molecule has 18 heavy (non-hydrogen) atoms. The highest BCUT2D eigenvalue weighted by molar-refractivity contribution is 7.98. The van der Waals surface area contributed by atoms with Crippen molar-refractivity contribution < 1.29 is 0 Å². The van der Waals surface area contributed by atoms with Crippen molar-refractivity contribution in [3.8, 4) is 0 Å². The van der Waals surface area contributed by atoms with Crippen molar-refractivity contribution in [3.05, 3.63) is 36.0 Å². The quantitative estimate of drug-likeness (QED) is 0.658. The van der Waals surface area contributed by atoms with Crippen LogP contribution in [0.5, 0.6) is 0 Å². The van der Waals surface area contributed by atoms with Crippen LogP contribution in [0.3, 0.4) is 0 Å². The first kappa shape index (κ1) is 12.8. The summed E-state index contributed by atoms with van der Waals surface area (Å²) in [6.07, 6.45) is 5.29. The van der Waals surface area contributed by atoms with Crippen molar-refractivity contribution in [1.29, 1.82) is 0 Å². The van der Waals surface area contributed by atoms with E-state index in [-0.39, 0.29) is 0 Å². The van der Waals surface area contributed by atoms with Gasteiger partial charge in [0, 0.05) is 24.2 Å². The van der Waals surface area contributed by atoms with Gasteiger partial charge in [0.2, 0.25) is 0 Å². The van der Waals surface area contributed by atoms with Gasteiger partial charge in [-0.3, -0.25) is 4.98 Å². The predicted molar refractivity (Wildman–Crippen MR) is 72.5 cm³/mol. The molecule has 0 unspecified atom stereocenters. The van der Waals surface area contributed by atoms with Gasteiger partial charge in [0.1, 0.15) is 5.82 Å². The predicted octanol–water partition coefficient (Wildman–Crippen LogP) is 2.30. The van der Waals surface area contributed by atoms with Crippen LogP contribution in [0.25, 0.3) is 0 Å². The van der Waals surface area contributed by atoms with Gasteiger partial charge in [-0.1, -0.05) is 11.8 Å². The number of hydrogen-bond acceptors (Lipinski definition) is 6. The summed E-state index contributed by atoms with van der Waals surface area (Å²) < 4.78 is 0. The summed E-state index contributed by atoms with van der Waals surface area (Å²) in [7, 11) is 0. The van der Waals surface area contributed by atoms with E-state index in [4.69, 9.17) is 0 Å². The summed E-state index contributed by atoms with van der Waals surface area (Å²) >= 11 is 1.56. The van der Waals surface area contributed by atoms with Crippen molar-refractivity contribution in [2.75, 3.05) is 11.9 Å². The van der Waals surface area contributed by atoms with E-state index in [0.717, 1.165) is 34.7 Å². The topological polar surface area (TPSA) is 63.6 Å². The van der Waals surface area contributed by atoms with Gasteiger partial charge < -0.3 is 5.32 Å². The molecule has 94 valence electrons. The lowest BCUT2D eigenvalue weighted by molar-refractivity contribution is 0.930. The average molecular weight is 261 g/mol. The average Bonchev–Trinajstić information content (AvgIpc) is 2.38. The summed E-state index contributed by atoms with van der Waals surface area (Å²) in [6, 6.07) is 1.88. The summed E-state index contributed by atoms with van der Waals surface area (Å²) in [6.45, 7) is 4.83. The van der Waals surface area contributed by atoms with Crippen LogP contribution < -0.4 is 5.32 Å². The molecule has 0 spiro atoms. The van der Waals surface area contributed by atoms with E-state index in [9.17, 15) is 0 Å². The maximum Gasteiger partial charge on any atom is 0.188 e. The summed E-state index contributed by atoms with van der Waals surface area (Å²) in [4.78, 5) is 17.1. The fraction of sp³-hybridized carbons (Fsp3) is 0.333. The normalized spacial score (nSPS) is 10.3. The molecule has 0 aliphatic carbocycles. The van der Waals surface area contributed by atoms with E-state index in [1.165, 1.54) is 0 Å². The Hall–Kier alpha value is -1.69. The minimum Gasteiger partial charge on any atom is -0.369 e. The lowest BCUT2D eigenvalue weighted by Crippen LogP contribution is -2.00. The second kappa shape index (κ2) is 6.30. The highest BCUT2D eigenvalue weighted by Crippen LogP contribution is 2.17. The van der Waals surface area contributed by atoms with Crippen LogP contribution in [-0.2, 0) is 5.75 Å². The van der Waals surface area contributed by atoms with Crippen LogP contribution in [0.4, 0.5) is 5.82 Å². The monoisotopic (exact) mass is 261 g/mol. The zero-order valence-corrected chi connectivity index (χ0v) is 11.2. The number of nitrogens with zero attached hydrogens (tertiary/aromatic N) is 4. The highest BCUT2D eigenvalue weighted by atomic mass is 32.2. The molecule has 0 aliphatic rings. The van der Waals surface area contributed by atoms with Crippen LogP contribution in [0, 0.1) is 6.92 Å². The SMILES string of the molecule is CCNc1cnc(CSc2nccc(C)n2)cn1. The molecule has 0 amide bonds. The fourth-order valence-electron chi connectivity index (χ4n) is 1.34. The molecule has 5 nitrogen and oxygen atoms in total. The number of hydrogen-bond donors (Lipinski definition) is 1. The molecule has 0 atom stereocenters. The third kappa shape index (κ3) is 3.66. The number of anilines is 1. The van der Waals surface area contributed by atoms with Gasteiger partial charge in [-0.25, -0.2) is 15.0 Å². The number of aryl methyl sites for hydroxylation is 1. The van der Waals surface area contributed by atoms with Crippen LogP contribution in [-0.4, -0.2) is 26.5 Å². The standard InChI is InChI=1S/C12H15N5S/c1-3-13-11-7-15-10(6-16-11)8-18-12-14-5-4-9(2)17-12/h4-7H,3,8H2,1-2H3,(H,13,16). The Kier molecular flexibility index (Phi) is 4.46. The van der Waals surface area contributed by atoms with E-state index in [1.54, 1.807) is 30.4 Å². The summed E-state index contributed by atoms with van der Waals surface area (Å²) in [5, 5.41) is 3.88. The van der Waals surface area contributed by atoms with Crippen molar-refractivity contribution in [2.24, 2.45) is 0 Å². The second-order valence-corrected chi connectivity index (χ2v) is 4.64. The Balaban J connectivity index is 1.93. The Morgan fingerprint density at radius 2 is 2.11 bits per heavy atom. The lowest BCUT2D eigenvalue weighted by Gasteiger charge is -2.03. The van der Waals surface area contributed by atoms with Gasteiger partial charge in [0.25, 0.3) is 0 Å². The van der Waals surface area contributed by atoms with Gasteiger partial charge in [0.05, 0.1) is 18.1 Å². The minimum atomic E-state index is 0.725. The molecule has 0 fully saturated rings. The molecule has 2 aromatic rings. The fourth-order valence-corrected chi connectivity index (χ4v) is 2.11. The largest absolute Gasteiger partial charge is 0.369 e. The zero-order chi connectivity index (χ0) is 12.8. The summed E-state index contributed by atoms with van der Waals surface area (Å²) in [5.74, 6) is 1.53. The van der Waals surface area contributed by atoms with E-state index in [1.807, 2.05) is 19.9 Å². The number of rotatable bonds is 5. The smallest absolute Gasteiger partial charge is 0.188 e. The molecule has 0 bridgehead atoms. The van der Waals surface area contributed by atoms with Gasteiger partial charge in [-0.05, 0) is 19.9 Å². The third-order valence-electron chi connectivity index (χ3n) is 2.19. The Bertz CT molecular complexity index is 500. The van der Waals surface area contributed by atoms with Crippen LogP contribution in [0.1, 0.15) is 18.3 Å². The number of aromatic nitrogens is 4. The molecule has 0 saturated heterocycles. The first-order chi connectivity index (χ1) is 8.78. The maximum atomic E-state index is 4.33. The van der Waals surface area contributed by atoms with E-state index in [0.29, 0.717) is 0 Å². The number of thioether (sulfide) groups is 1.